The SMILES string of the molecule is CC(C(=O)Nc1ccccc1N)N1CC2CCCC2C1. The summed E-state index contributed by atoms with van der Waals surface area (Å²) in [5, 5.41) is 2.95. The molecule has 3 N–H and O–H groups in total. The third-order valence-corrected chi connectivity index (χ3v) is 4.90. The summed E-state index contributed by atoms with van der Waals surface area (Å²) in [6.07, 6.45) is 4.03. The van der Waals surface area contributed by atoms with Crippen molar-refractivity contribution in [3.63, 3.8) is 0 Å². The molecule has 3 unspecified atom stereocenters. The number of anilines is 2. The molecule has 1 aliphatic heterocycles. The van der Waals surface area contributed by atoms with Gasteiger partial charge in [-0.2, -0.15) is 0 Å². The Labute approximate surface area is 120 Å². The summed E-state index contributed by atoms with van der Waals surface area (Å²) < 4.78 is 0. The van der Waals surface area contributed by atoms with Gasteiger partial charge in [0.05, 0.1) is 17.4 Å². The Morgan fingerprint density at radius 1 is 1.30 bits per heavy atom. The molecule has 20 heavy (non-hydrogen) atoms. The average Bonchev–Trinajstić information content (AvgIpc) is 3.01. The number of nitrogens with zero attached hydrogens (tertiary/aromatic N) is 1. The summed E-state index contributed by atoms with van der Waals surface area (Å²) in [6.45, 7) is 4.14. The van der Waals surface area contributed by atoms with E-state index in [9.17, 15) is 4.79 Å². The van der Waals surface area contributed by atoms with E-state index >= 15 is 0 Å². The monoisotopic (exact) mass is 273 g/mol. The summed E-state index contributed by atoms with van der Waals surface area (Å²) in [7, 11) is 0. The van der Waals surface area contributed by atoms with E-state index in [1.54, 1.807) is 6.07 Å². The highest BCUT2D eigenvalue weighted by Gasteiger charge is 2.39. The van der Waals surface area contributed by atoms with Gasteiger partial charge in [0.25, 0.3) is 0 Å². The van der Waals surface area contributed by atoms with E-state index in [1.807, 2.05) is 25.1 Å². The van der Waals surface area contributed by atoms with Gasteiger partial charge in [-0.1, -0.05) is 18.6 Å². The molecule has 1 saturated heterocycles. The molecule has 1 saturated carbocycles. The van der Waals surface area contributed by atoms with Gasteiger partial charge in [-0.15, -0.1) is 0 Å². The largest absolute Gasteiger partial charge is 0.397 e. The van der Waals surface area contributed by atoms with E-state index in [4.69, 9.17) is 5.73 Å². The minimum atomic E-state index is -0.0831. The van der Waals surface area contributed by atoms with Gasteiger partial charge in [0.2, 0.25) is 5.91 Å². The first-order valence-corrected chi connectivity index (χ1v) is 7.54. The standard InChI is InChI=1S/C16H23N3O/c1-11(19-9-12-5-4-6-13(12)10-19)16(20)18-15-8-3-2-7-14(15)17/h2-3,7-8,11-13H,4-6,9-10,17H2,1H3,(H,18,20). The molecule has 3 atom stereocenters. The van der Waals surface area contributed by atoms with Gasteiger partial charge in [0.15, 0.2) is 0 Å². The molecule has 4 nitrogen and oxygen atoms in total. The molecule has 2 fully saturated rings. The summed E-state index contributed by atoms with van der Waals surface area (Å²) in [6, 6.07) is 7.33. The van der Waals surface area contributed by atoms with Crippen LogP contribution in [0.3, 0.4) is 0 Å². The van der Waals surface area contributed by atoms with Crippen LogP contribution in [0.2, 0.25) is 0 Å². The van der Waals surface area contributed by atoms with Gasteiger partial charge < -0.3 is 11.1 Å². The third-order valence-electron chi connectivity index (χ3n) is 4.90. The fourth-order valence-electron chi connectivity index (χ4n) is 3.60. The Kier molecular flexibility index (Phi) is 3.66. The molecule has 4 heteroatoms. The van der Waals surface area contributed by atoms with Crippen molar-refractivity contribution < 1.29 is 4.79 Å². The van der Waals surface area contributed by atoms with Gasteiger partial charge in [-0.05, 0) is 43.7 Å². The van der Waals surface area contributed by atoms with Gasteiger partial charge in [0.1, 0.15) is 0 Å². The predicted molar refractivity (Wildman–Crippen MR) is 81.4 cm³/mol. The van der Waals surface area contributed by atoms with E-state index in [0.29, 0.717) is 11.4 Å². The minimum Gasteiger partial charge on any atom is -0.397 e. The zero-order valence-electron chi connectivity index (χ0n) is 12.0. The topological polar surface area (TPSA) is 58.4 Å². The summed E-state index contributed by atoms with van der Waals surface area (Å²) in [4.78, 5) is 14.7. The molecule has 1 aromatic carbocycles. The lowest BCUT2D eigenvalue weighted by molar-refractivity contribution is -0.120. The number of hydrogen-bond acceptors (Lipinski definition) is 3. The lowest BCUT2D eigenvalue weighted by atomic mass is 10.0. The second-order valence-electron chi connectivity index (χ2n) is 6.16. The Bertz CT molecular complexity index is 490. The Balaban J connectivity index is 1.61. The fourth-order valence-corrected chi connectivity index (χ4v) is 3.60. The summed E-state index contributed by atoms with van der Waals surface area (Å²) in [5.74, 6) is 1.67. The highest BCUT2D eigenvalue weighted by atomic mass is 16.2. The van der Waals surface area contributed by atoms with E-state index < -0.39 is 0 Å². The summed E-state index contributed by atoms with van der Waals surface area (Å²) >= 11 is 0. The van der Waals surface area contributed by atoms with Crippen LogP contribution in [0.1, 0.15) is 26.2 Å². The van der Waals surface area contributed by atoms with Gasteiger partial charge >= 0.3 is 0 Å². The van der Waals surface area contributed by atoms with Crippen LogP contribution >= 0.6 is 0 Å². The van der Waals surface area contributed by atoms with Crippen molar-refractivity contribution >= 4 is 17.3 Å². The van der Waals surface area contributed by atoms with Gasteiger partial charge in [-0.3, -0.25) is 9.69 Å². The van der Waals surface area contributed by atoms with Crippen molar-refractivity contribution in [2.75, 3.05) is 24.1 Å². The molecular weight excluding hydrogens is 250 g/mol. The molecule has 0 bridgehead atoms. The number of carbonyl (C=O) groups is 1. The molecule has 3 rings (SSSR count). The Morgan fingerprint density at radius 3 is 2.60 bits per heavy atom. The highest BCUT2D eigenvalue weighted by Crippen LogP contribution is 2.38. The maximum absolute atomic E-state index is 12.4. The smallest absolute Gasteiger partial charge is 0.241 e. The number of amides is 1. The van der Waals surface area contributed by atoms with Crippen molar-refractivity contribution in [1.29, 1.82) is 0 Å². The van der Waals surface area contributed by atoms with Crippen LogP contribution in [-0.4, -0.2) is 29.9 Å². The number of nitrogens with one attached hydrogen (secondary N) is 1. The van der Waals surface area contributed by atoms with Crippen LogP contribution in [0.5, 0.6) is 0 Å². The molecule has 1 amide bonds. The Morgan fingerprint density at radius 2 is 1.95 bits per heavy atom. The molecule has 0 spiro atoms. The lowest BCUT2D eigenvalue weighted by Gasteiger charge is -2.24. The first kappa shape index (κ1) is 13.4. The maximum atomic E-state index is 12.4. The average molecular weight is 273 g/mol. The highest BCUT2D eigenvalue weighted by molar-refractivity contribution is 5.97. The second kappa shape index (κ2) is 5.44. The maximum Gasteiger partial charge on any atom is 0.241 e. The first-order valence-electron chi connectivity index (χ1n) is 7.54. The Hall–Kier alpha value is -1.55. The first-order chi connectivity index (χ1) is 9.65. The zero-order valence-corrected chi connectivity index (χ0v) is 12.0. The van der Waals surface area contributed by atoms with E-state index in [-0.39, 0.29) is 11.9 Å². The van der Waals surface area contributed by atoms with Crippen molar-refractivity contribution in [3.8, 4) is 0 Å². The second-order valence-corrected chi connectivity index (χ2v) is 6.16. The van der Waals surface area contributed by atoms with Crippen molar-refractivity contribution in [2.24, 2.45) is 11.8 Å². The number of benzene rings is 1. The molecule has 1 heterocycles. The van der Waals surface area contributed by atoms with Crippen LogP contribution in [0.15, 0.2) is 24.3 Å². The minimum absolute atomic E-state index is 0.0443. The normalized spacial score (nSPS) is 27.2. The van der Waals surface area contributed by atoms with Crippen LogP contribution in [-0.2, 0) is 4.79 Å². The summed E-state index contributed by atoms with van der Waals surface area (Å²) in [5.41, 5.74) is 7.20. The number of carbonyl (C=O) groups excluding carboxylic acids is 1. The van der Waals surface area contributed by atoms with Gasteiger partial charge in [0, 0.05) is 13.1 Å². The van der Waals surface area contributed by atoms with Crippen molar-refractivity contribution in [3.05, 3.63) is 24.3 Å². The molecule has 0 aromatic heterocycles. The van der Waals surface area contributed by atoms with E-state index in [2.05, 4.69) is 10.2 Å². The van der Waals surface area contributed by atoms with Crippen LogP contribution in [0.25, 0.3) is 0 Å². The fraction of sp³-hybridized carbons (Fsp3) is 0.562. The number of rotatable bonds is 3. The predicted octanol–water partition coefficient (Wildman–Crippen LogP) is 2.33. The van der Waals surface area contributed by atoms with Crippen molar-refractivity contribution in [2.45, 2.75) is 32.2 Å². The van der Waals surface area contributed by atoms with Crippen LogP contribution in [0.4, 0.5) is 11.4 Å². The molecule has 2 aliphatic rings. The molecule has 1 aliphatic carbocycles. The quantitative estimate of drug-likeness (QED) is 0.831. The third kappa shape index (κ3) is 2.52. The van der Waals surface area contributed by atoms with E-state index in [1.165, 1.54) is 19.3 Å². The number of nitrogens with two attached hydrogens (primary N) is 1. The molecule has 0 radical (unpaired) electrons. The number of nitrogen functional groups attached to an aromatic ring is 1. The van der Waals surface area contributed by atoms with Gasteiger partial charge in [-0.25, -0.2) is 0 Å². The van der Waals surface area contributed by atoms with Crippen LogP contribution in [0, 0.1) is 11.8 Å². The van der Waals surface area contributed by atoms with Crippen molar-refractivity contribution in [1.82, 2.24) is 4.90 Å². The molecule has 108 valence electrons. The molecular formula is C16H23N3O. The number of likely N-dealkylation sites (tertiary alicyclic amines) is 1. The number of hydrogen-bond donors (Lipinski definition) is 2. The van der Waals surface area contributed by atoms with E-state index in [0.717, 1.165) is 24.9 Å². The number of para-hydroxylation sites is 2. The van der Waals surface area contributed by atoms with Crippen LogP contribution < -0.4 is 11.1 Å². The number of fused-ring (bicyclic) bond motifs is 1. The zero-order chi connectivity index (χ0) is 14.1. The molecule has 1 aromatic rings. The lowest BCUT2D eigenvalue weighted by Crippen LogP contribution is -2.41.